The summed E-state index contributed by atoms with van der Waals surface area (Å²) in [6.07, 6.45) is 4.68. The number of hydrogen-bond donors (Lipinski definition) is 0. The summed E-state index contributed by atoms with van der Waals surface area (Å²) >= 11 is 5.60. The van der Waals surface area contributed by atoms with Gasteiger partial charge in [0.2, 0.25) is 0 Å². The van der Waals surface area contributed by atoms with Crippen molar-refractivity contribution in [3.63, 3.8) is 0 Å². The Balaban J connectivity index is 3.34. The van der Waals surface area contributed by atoms with Crippen molar-refractivity contribution in [1.29, 1.82) is 0 Å². The lowest BCUT2D eigenvalue weighted by atomic mass is 10.1. The average molecular weight is 161 g/mol. The summed E-state index contributed by atoms with van der Waals surface area (Å²) in [5.41, 5.74) is 1.29. The Morgan fingerprint density at radius 3 is 2.50 bits per heavy atom. The molecule has 0 aromatic carbocycles. The molecule has 0 bridgehead atoms. The maximum Gasteiger partial charge on any atom is 0.0430 e. The lowest BCUT2D eigenvalue weighted by Gasteiger charge is -2.00. The first-order valence-electron chi connectivity index (χ1n) is 3.88. The quantitative estimate of drug-likeness (QED) is 0.436. The van der Waals surface area contributed by atoms with E-state index in [9.17, 15) is 0 Å². The maximum atomic E-state index is 5.60. The zero-order valence-corrected chi connectivity index (χ0v) is 7.91. The largest absolute Gasteiger partial charge is 0.122 e. The molecular formula is C9H17Cl. The molecule has 0 aliphatic rings. The molecule has 0 unspecified atom stereocenters. The van der Waals surface area contributed by atoms with Gasteiger partial charge in [0.15, 0.2) is 0 Å². The van der Waals surface area contributed by atoms with Gasteiger partial charge in [0.05, 0.1) is 0 Å². The van der Waals surface area contributed by atoms with Crippen LogP contribution in [-0.4, -0.2) is 5.88 Å². The molecule has 0 nitrogen and oxygen atoms in total. The van der Waals surface area contributed by atoms with Gasteiger partial charge in [0, 0.05) is 5.88 Å². The first kappa shape index (κ1) is 10.0. The highest BCUT2D eigenvalue weighted by Crippen LogP contribution is 2.06. The van der Waals surface area contributed by atoms with Gasteiger partial charge in [-0.3, -0.25) is 0 Å². The lowest BCUT2D eigenvalue weighted by Crippen LogP contribution is -1.85. The van der Waals surface area contributed by atoms with Crippen LogP contribution in [0.3, 0.4) is 0 Å². The van der Waals surface area contributed by atoms with Crippen LogP contribution in [0.25, 0.3) is 0 Å². The molecule has 60 valence electrons. The Morgan fingerprint density at radius 1 is 1.50 bits per heavy atom. The van der Waals surface area contributed by atoms with E-state index < -0.39 is 0 Å². The standard InChI is InChI=1S/C9H17Cl/c1-8(2)5-4-6-9(3)7-10/h6,8H,4-5,7H2,1-3H3/b9-6+. The molecule has 0 heterocycles. The van der Waals surface area contributed by atoms with Crippen LogP contribution in [0.5, 0.6) is 0 Å². The van der Waals surface area contributed by atoms with Crippen molar-refractivity contribution in [3.05, 3.63) is 11.6 Å². The molecule has 10 heavy (non-hydrogen) atoms. The van der Waals surface area contributed by atoms with E-state index in [1.165, 1.54) is 18.4 Å². The smallest absolute Gasteiger partial charge is 0.0430 e. The molecule has 0 fully saturated rings. The highest BCUT2D eigenvalue weighted by Gasteiger charge is 1.90. The molecule has 0 aromatic rings. The van der Waals surface area contributed by atoms with E-state index in [2.05, 4.69) is 26.8 Å². The molecule has 0 amide bonds. The third kappa shape index (κ3) is 6.15. The summed E-state index contributed by atoms with van der Waals surface area (Å²) in [6, 6.07) is 0. The maximum absolute atomic E-state index is 5.60. The monoisotopic (exact) mass is 160 g/mol. The van der Waals surface area contributed by atoms with E-state index in [0.29, 0.717) is 5.88 Å². The van der Waals surface area contributed by atoms with Crippen LogP contribution in [0.4, 0.5) is 0 Å². The first-order chi connectivity index (χ1) is 4.66. The second kappa shape index (κ2) is 5.79. The lowest BCUT2D eigenvalue weighted by molar-refractivity contribution is 0.593. The summed E-state index contributed by atoms with van der Waals surface area (Å²) in [5, 5.41) is 0. The van der Waals surface area contributed by atoms with E-state index >= 15 is 0 Å². The molecule has 1 heteroatoms. The first-order valence-corrected chi connectivity index (χ1v) is 4.42. The predicted molar refractivity (Wildman–Crippen MR) is 48.5 cm³/mol. The molecular weight excluding hydrogens is 144 g/mol. The van der Waals surface area contributed by atoms with Crippen LogP contribution in [0, 0.1) is 5.92 Å². The summed E-state index contributed by atoms with van der Waals surface area (Å²) in [6.45, 7) is 6.56. The van der Waals surface area contributed by atoms with Gasteiger partial charge < -0.3 is 0 Å². The second-order valence-corrected chi connectivity index (χ2v) is 3.42. The van der Waals surface area contributed by atoms with Crippen LogP contribution in [0.1, 0.15) is 33.6 Å². The zero-order valence-electron chi connectivity index (χ0n) is 7.15. The highest BCUT2D eigenvalue weighted by atomic mass is 35.5. The summed E-state index contributed by atoms with van der Waals surface area (Å²) in [4.78, 5) is 0. The summed E-state index contributed by atoms with van der Waals surface area (Å²) in [5.74, 6) is 1.48. The molecule has 0 N–H and O–H groups in total. The minimum absolute atomic E-state index is 0.679. The van der Waals surface area contributed by atoms with E-state index in [4.69, 9.17) is 11.6 Å². The van der Waals surface area contributed by atoms with Gasteiger partial charge in [0.1, 0.15) is 0 Å². The molecule has 0 saturated carbocycles. The van der Waals surface area contributed by atoms with Crippen LogP contribution >= 0.6 is 11.6 Å². The molecule has 0 spiro atoms. The number of hydrogen-bond acceptors (Lipinski definition) is 0. The summed E-state index contributed by atoms with van der Waals surface area (Å²) in [7, 11) is 0. The van der Waals surface area contributed by atoms with Crippen molar-refractivity contribution in [2.75, 3.05) is 5.88 Å². The molecule has 0 saturated heterocycles. The molecule has 0 atom stereocenters. The SMILES string of the molecule is C/C(=C\CCC(C)C)CCl. The van der Waals surface area contributed by atoms with Gasteiger partial charge in [-0.1, -0.05) is 25.5 Å². The van der Waals surface area contributed by atoms with Crippen LogP contribution in [0.2, 0.25) is 0 Å². The molecule has 0 radical (unpaired) electrons. The van der Waals surface area contributed by atoms with Gasteiger partial charge in [-0.15, -0.1) is 11.6 Å². The van der Waals surface area contributed by atoms with Gasteiger partial charge >= 0.3 is 0 Å². The fourth-order valence-electron chi connectivity index (χ4n) is 0.718. The van der Waals surface area contributed by atoms with Crippen molar-refractivity contribution in [3.8, 4) is 0 Å². The van der Waals surface area contributed by atoms with E-state index in [1.54, 1.807) is 0 Å². The Bertz CT molecular complexity index is 103. The van der Waals surface area contributed by atoms with Gasteiger partial charge in [-0.2, -0.15) is 0 Å². The third-order valence-electron chi connectivity index (χ3n) is 1.45. The van der Waals surface area contributed by atoms with Crippen LogP contribution in [0.15, 0.2) is 11.6 Å². The number of alkyl halides is 1. The van der Waals surface area contributed by atoms with Crippen molar-refractivity contribution >= 4 is 11.6 Å². The fourth-order valence-corrected chi connectivity index (χ4v) is 0.827. The number of halogens is 1. The van der Waals surface area contributed by atoms with Crippen molar-refractivity contribution in [2.45, 2.75) is 33.6 Å². The van der Waals surface area contributed by atoms with Gasteiger partial charge in [-0.25, -0.2) is 0 Å². The third-order valence-corrected chi connectivity index (χ3v) is 1.87. The van der Waals surface area contributed by atoms with Gasteiger partial charge in [0.25, 0.3) is 0 Å². The second-order valence-electron chi connectivity index (χ2n) is 3.16. The number of rotatable bonds is 4. The number of allylic oxidation sites excluding steroid dienone is 2. The molecule has 0 aromatic heterocycles. The normalized spacial score (nSPS) is 12.7. The summed E-state index contributed by atoms with van der Waals surface area (Å²) < 4.78 is 0. The fraction of sp³-hybridized carbons (Fsp3) is 0.778. The van der Waals surface area contributed by atoms with Crippen molar-refractivity contribution < 1.29 is 0 Å². The molecule has 0 aliphatic heterocycles. The van der Waals surface area contributed by atoms with E-state index in [0.717, 1.165) is 5.92 Å². The Labute approximate surface area is 69.3 Å². The van der Waals surface area contributed by atoms with E-state index in [-0.39, 0.29) is 0 Å². The topological polar surface area (TPSA) is 0 Å². The minimum Gasteiger partial charge on any atom is -0.122 e. The van der Waals surface area contributed by atoms with Crippen LogP contribution < -0.4 is 0 Å². The minimum atomic E-state index is 0.679. The van der Waals surface area contributed by atoms with Gasteiger partial charge in [-0.05, 0) is 25.7 Å². The Hall–Kier alpha value is 0.0300. The average Bonchev–Trinajstić information content (AvgIpc) is 1.87. The molecule has 0 aliphatic carbocycles. The van der Waals surface area contributed by atoms with Crippen molar-refractivity contribution in [1.82, 2.24) is 0 Å². The molecule has 0 rings (SSSR count). The highest BCUT2D eigenvalue weighted by molar-refractivity contribution is 6.19. The van der Waals surface area contributed by atoms with Crippen molar-refractivity contribution in [2.24, 2.45) is 5.92 Å². The zero-order chi connectivity index (χ0) is 7.98. The van der Waals surface area contributed by atoms with Crippen LogP contribution in [-0.2, 0) is 0 Å². The van der Waals surface area contributed by atoms with E-state index in [1.807, 2.05) is 0 Å². The Morgan fingerprint density at radius 2 is 2.10 bits per heavy atom. The Kier molecular flexibility index (Phi) is 5.81. The predicted octanol–water partition coefficient (Wildman–Crippen LogP) is 3.61.